The standard InChI is InChI=1S/C18H20BrNO3S/c1-4-11-23-16-7-5-15(6-8-16)13-20(3)24(21,22)17-9-10-18(19)14(2)12-17/h4-10,12H,1,11,13H2,2-3H3. The van der Waals surface area contributed by atoms with E-state index in [1.807, 2.05) is 31.2 Å². The van der Waals surface area contributed by atoms with Gasteiger partial charge in [0.1, 0.15) is 12.4 Å². The molecule has 0 aliphatic heterocycles. The van der Waals surface area contributed by atoms with Crippen molar-refractivity contribution >= 4 is 26.0 Å². The van der Waals surface area contributed by atoms with E-state index in [1.165, 1.54) is 4.31 Å². The maximum Gasteiger partial charge on any atom is 0.243 e. The fraction of sp³-hybridized carbons (Fsp3) is 0.222. The Morgan fingerprint density at radius 2 is 1.88 bits per heavy atom. The number of aryl methyl sites for hydroxylation is 1. The highest BCUT2D eigenvalue weighted by atomic mass is 79.9. The average molecular weight is 410 g/mol. The Morgan fingerprint density at radius 1 is 1.21 bits per heavy atom. The molecule has 2 aromatic rings. The molecule has 2 aromatic carbocycles. The minimum Gasteiger partial charge on any atom is -0.490 e. The van der Waals surface area contributed by atoms with Crippen LogP contribution in [-0.2, 0) is 16.6 Å². The van der Waals surface area contributed by atoms with Crippen molar-refractivity contribution in [2.45, 2.75) is 18.4 Å². The quantitative estimate of drug-likeness (QED) is 0.645. The van der Waals surface area contributed by atoms with Gasteiger partial charge in [-0.3, -0.25) is 0 Å². The summed E-state index contributed by atoms with van der Waals surface area (Å²) in [6, 6.07) is 12.4. The second-order valence-electron chi connectivity index (χ2n) is 5.42. The first kappa shape index (κ1) is 18.7. The molecule has 6 heteroatoms. The highest BCUT2D eigenvalue weighted by molar-refractivity contribution is 9.10. The molecule has 0 saturated carbocycles. The van der Waals surface area contributed by atoms with E-state index in [1.54, 1.807) is 31.3 Å². The summed E-state index contributed by atoms with van der Waals surface area (Å²) < 4.78 is 33.0. The number of hydrogen-bond acceptors (Lipinski definition) is 3. The molecule has 2 rings (SSSR count). The van der Waals surface area contributed by atoms with Crippen molar-refractivity contribution in [3.63, 3.8) is 0 Å². The minimum atomic E-state index is -3.53. The summed E-state index contributed by atoms with van der Waals surface area (Å²) in [6.07, 6.45) is 1.68. The van der Waals surface area contributed by atoms with Crippen LogP contribution in [0.25, 0.3) is 0 Å². The van der Waals surface area contributed by atoms with Gasteiger partial charge in [0.15, 0.2) is 0 Å². The minimum absolute atomic E-state index is 0.289. The molecule has 0 bridgehead atoms. The first-order valence-electron chi connectivity index (χ1n) is 7.39. The third-order valence-corrected chi connectivity index (χ3v) is 6.22. The Labute approximate surface area is 151 Å². The van der Waals surface area contributed by atoms with Crippen LogP contribution in [0.1, 0.15) is 11.1 Å². The maximum absolute atomic E-state index is 12.7. The van der Waals surface area contributed by atoms with Gasteiger partial charge in [-0.15, -0.1) is 0 Å². The molecule has 0 radical (unpaired) electrons. The van der Waals surface area contributed by atoms with Gasteiger partial charge in [0.2, 0.25) is 10.0 Å². The predicted octanol–water partition coefficient (Wildman–Crippen LogP) is 4.14. The van der Waals surface area contributed by atoms with Gasteiger partial charge in [0.05, 0.1) is 4.90 Å². The molecule has 0 spiro atoms. The summed E-state index contributed by atoms with van der Waals surface area (Å²) in [7, 11) is -1.95. The zero-order valence-corrected chi connectivity index (χ0v) is 16.1. The second-order valence-corrected chi connectivity index (χ2v) is 8.31. The van der Waals surface area contributed by atoms with Gasteiger partial charge >= 0.3 is 0 Å². The van der Waals surface area contributed by atoms with Crippen LogP contribution in [0.5, 0.6) is 5.75 Å². The van der Waals surface area contributed by atoms with Crippen LogP contribution in [0.3, 0.4) is 0 Å². The van der Waals surface area contributed by atoms with E-state index in [0.29, 0.717) is 13.2 Å². The molecule has 0 fully saturated rings. The van der Waals surface area contributed by atoms with Crippen LogP contribution in [0.4, 0.5) is 0 Å². The van der Waals surface area contributed by atoms with Gasteiger partial charge < -0.3 is 4.74 Å². The molecule has 0 unspecified atom stereocenters. The summed E-state index contributed by atoms with van der Waals surface area (Å²) >= 11 is 3.39. The Bertz CT molecular complexity index is 817. The second kappa shape index (κ2) is 7.96. The van der Waals surface area contributed by atoms with Crippen molar-refractivity contribution in [2.75, 3.05) is 13.7 Å². The molecule has 0 saturated heterocycles. The molecule has 0 heterocycles. The largest absolute Gasteiger partial charge is 0.490 e. The fourth-order valence-electron chi connectivity index (χ4n) is 2.15. The molecule has 0 amide bonds. The highest BCUT2D eigenvalue weighted by Crippen LogP contribution is 2.23. The van der Waals surface area contributed by atoms with Crippen molar-refractivity contribution in [3.05, 3.63) is 70.7 Å². The van der Waals surface area contributed by atoms with E-state index in [9.17, 15) is 8.42 Å². The Kier molecular flexibility index (Phi) is 6.21. The van der Waals surface area contributed by atoms with Crippen molar-refractivity contribution in [1.29, 1.82) is 0 Å². The monoisotopic (exact) mass is 409 g/mol. The summed E-state index contributed by atoms with van der Waals surface area (Å²) in [5.74, 6) is 0.729. The van der Waals surface area contributed by atoms with Gasteiger partial charge in [-0.05, 0) is 48.4 Å². The molecule has 24 heavy (non-hydrogen) atoms. The Morgan fingerprint density at radius 3 is 2.46 bits per heavy atom. The normalized spacial score (nSPS) is 11.5. The molecule has 0 atom stereocenters. The summed E-state index contributed by atoms with van der Waals surface area (Å²) in [4.78, 5) is 0.289. The van der Waals surface area contributed by atoms with E-state index in [4.69, 9.17) is 4.74 Å². The molecule has 0 N–H and O–H groups in total. The SMILES string of the molecule is C=CCOc1ccc(CN(C)S(=O)(=O)c2ccc(Br)c(C)c2)cc1. The van der Waals surface area contributed by atoms with Crippen LogP contribution in [0.15, 0.2) is 64.5 Å². The highest BCUT2D eigenvalue weighted by Gasteiger charge is 2.21. The number of nitrogens with zero attached hydrogens (tertiary/aromatic N) is 1. The number of hydrogen-bond donors (Lipinski definition) is 0. The average Bonchev–Trinajstić information content (AvgIpc) is 2.56. The molecule has 4 nitrogen and oxygen atoms in total. The lowest BCUT2D eigenvalue weighted by Gasteiger charge is -2.18. The zero-order chi connectivity index (χ0) is 17.7. The van der Waals surface area contributed by atoms with E-state index in [2.05, 4.69) is 22.5 Å². The lowest BCUT2D eigenvalue weighted by molar-refractivity contribution is 0.363. The molecular weight excluding hydrogens is 390 g/mol. The lowest BCUT2D eigenvalue weighted by atomic mass is 10.2. The zero-order valence-electron chi connectivity index (χ0n) is 13.7. The molecule has 0 aromatic heterocycles. The Hall–Kier alpha value is -1.63. The fourth-order valence-corrected chi connectivity index (χ4v) is 3.64. The number of benzene rings is 2. The first-order chi connectivity index (χ1) is 11.3. The first-order valence-corrected chi connectivity index (χ1v) is 9.63. The number of sulfonamides is 1. The van der Waals surface area contributed by atoms with Crippen LogP contribution >= 0.6 is 15.9 Å². The Balaban J connectivity index is 2.14. The van der Waals surface area contributed by atoms with Gasteiger partial charge in [0, 0.05) is 18.1 Å². The lowest BCUT2D eigenvalue weighted by Crippen LogP contribution is -2.26. The summed E-state index contributed by atoms with van der Waals surface area (Å²) in [6.45, 7) is 6.20. The molecule has 0 aliphatic rings. The van der Waals surface area contributed by atoms with Crippen molar-refractivity contribution in [3.8, 4) is 5.75 Å². The molecular formula is C18H20BrNO3S. The maximum atomic E-state index is 12.7. The summed E-state index contributed by atoms with van der Waals surface area (Å²) in [5, 5.41) is 0. The van der Waals surface area contributed by atoms with Crippen LogP contribution in [-0.4, -0.2) is 26.4 Å². The van der Waals surface area contributed by atoms with E-state index in [0.717, 1.165) is 21.3 Å². The topological polar surface area (TPSA) is 46.6 Å². The van der Waals surface area contributed by atoms with E-state index >= 15 is 0 Å². The van der Waals surface area contributed by atoms with Crippen molar-refractivity contribution in [2.24, 2.45) is 0 Å². The number of halogens is 1. The molecule has 0 aliphatic carbocycles. The summed E-state index contributed by atoms with van der Waals surface area (Å²) in [5.41, 5.74) is 1.77. The third kappa shape index (κ3) is 4.47. The van der Waals surface area contributed by atoms with Crippen LogP contribution < -0.4 is 4.74 Å². The van der Waals surface area contributed by atoms with Gasteiger partial charge in [-0.25, -0.2) is 8.42 Å². The van der Waals surface area contributed by atoms with Crippen LogP contribution in [0.2, 0.25) is 0 Å². The van der Waals surface area contributed by atoms with E-state index in [-0.39, 0.29) is 4.90 Å². The van der Waals surface area contributed by atoms with Gasteiger partial charge in [0.25, 0.3) is 0 Å². The van der Waals surface area contributed by atoms with Crippen molar-refractivity contribution < 1.29 is 13.2 Å². The smallest absolute Gasteiger partial charge is 0.243 e. The number of rotatable bonds is 7. The van der Waals surface area contributed by atoms with Gasteiger partial charge in [-0.1, -0.05) is 40.7 Å². The van der Waals surface area contributed by atoms with E-state index < -0.39 is 10.0 Å². The third-order valence-electron chi connectivity index (χ3n) is 3.53. The molecule has 128 valence electrons. The van der Waals surface area contributed by atoms with Crippen molar-refractivity contribution in [1.82, 2.24) is 4.31 Å². The van der Waals surface area contributed by atoms with Gasteiger partial charge in [-0.2, -0.15) is 4.31 Å². The predicted molar refractivity (Wildman–Crippen MR) is 99.7 cm³/mol. The van der Waals surface area contributed by atoms with Crippen LogP contribution in [0, 0.1) is 6.92 Å². The number of ether oxygens (including phenoxy) is 1.